The third-order valence-electron chi connectivity index (χ3n) is 2.68. The van der Waals surface area contributed by atoms with Crippen molar-refractivity contribution in [3.8, 4) is 12.3 Å². The van der Waals surface area contributed by atoms with Gasteiger partial charge < -0.3 is 5.11 Å². The molecule has 0 bridgehead atoms. The molecular formula is C17H14O. The topological polar surface area (TPSA) is 20.2 Å². The molecule has 1 atom stereocenters. The second-order valence-electron chi connectivity index (χ2n) is 3.95. The van der Waals surface area contributed by atoms with Gasteiger partial charge in [-0.15, -0.1) is 6.42 Å². The SMILES string of the molecule is C#CC(O)C(=Cc1ccccc1)c1ccccc1. The molecule has 0 aromatic heterocycles. The monoisotopic (exact) mass is 234 g/mol. The van der Waals surface area contributed by atoms with Gasteiger partial charge >= 0.3 is 0 Å². The van der Waals surface area contributed by atoms with Crippen LogP contribution in [0.5, 0.6) is 0 Å². The first-order valence-electron chi connectivity index (χ1n) is 5.77. The minimum absolute atomic E-state index is 0.740. The first-order chi connectivity index (χ1) is 8.81. The molecule has 1 unspecified atom stereocenters. The third-order valence-corrected chi connectivity index (χ3v) is 2.68. The predicted octanol–water partition coefficient (Wildman–Crippen LogP) is 3.22. The predicted molar refractivity (Wildman–Crippen MR) is 75.6 cm³/mol. The maximum atomic E-state index is 9.93. The maximum Gasteiger partial charge on any atom is 0.140 e. The summed E-state index contributed by atoms with van der Waals surface area (Å²) in [5.41, 5.74) is 2.70. The van der Waals surface area contributed by atoms with Crippen molar-refractivity contribution >= 4 is 11.6 Å². The van der Waals surface area contributed by atoms with E-state index in [1.165, 1.54) is 0 Å². The number of hydrogen-bond acceptors (Lipinski definition) is 1. The van der Waals surface area contributed by atoms with Crippen LogP contribution in [0.4, 0.5) is 0 Å². The fourth-order valence-corrected chi connectivity index (χ4v) is 1.77. The van der Waals surface area contributed by atoms with Gasteiger partial charge in [0, 0.05) is 5.57 Å². The number of benzene rings is 2. The molecule has 0 aliphatic carbocycles. The molecule has 0 aliphatic heterocycles. The first kappa shape index (κ1) is 12.2. The molecule has 18 heavy (non-hydrogen) atoms. The van der Waals surface area contributed by atoms with Crippen LogP contribution in [0.15, 0.2) is 60.7 Å². The summed E-state index contributed by atoms with van der Waals surface area (Å²) in [6.07, 6.45) is 6.34. The molecule has 88 valence electrons. The van der Waals surface area contributed by atoms with Gasteiger partial charge in [-0.1, -0.05) is 66.6 Å². The molecular weight excluding hydrogens is 220 g/mol. The molecule has 0 saturated heterocycles. The molecule has 2 aromatic carbocycles. The van der Waals surface area contributed by atoms with Gasteiger partial charge in [0.05, 0.1) is 0 Å². The van der Waals surface area contributed by atoms with Gasteiger partial charge in [0.2, 0.25) is 0 Å². The minimum atomic E-state index is -0.896. The molecule has 0 fully saturated rings. The van der Waals surface area contributed by atoms with E-state index in [9.17, 15) is 5.11 Å². The van der Waals surface area contributed by atoms with Gasteiger partial charge in [0.1, 0.15) is 6.10 Å². The van der Waals surface area contributed by atoms with Crippen molar-refractivity contribution < 1.29 is 5.11 Å². The van der Waals surface area contributed by atoms with E-state index in [2.05, 4.69) is 5.92 Å². The lowest BCUT2D eigenvalue weighted by molar-refractivity contribution is 0.290. The van der Waals surface area contributed by atoms with Gasteiger partial charge in [0.15, 0.2) is 0 Å². The largest absolute Gasteiger partial charge is 0.376 e. The number of aliphatic hydroxyl groups excluding tert-OH is 1. The van der Waals surface area contributed by atoms with Gasteiger partial charge in [-0.05, 0) is 17.2 Å². The van der Waals surface area contributed by atoms with Gasteiger partial charge in [0.25, 0.3) is 0 Å². The molecule has 0 amide bonds. The van der Waals surface area contributed by atoms with Crippen molar-refractivity contribution in [1.29, 1.82) is 0 Å². The molecule has 0 radical (unpaired) electrons. The number of aliphatic hydroxyl groups is 1. The van der Waals surface area contributed by atoms with Crippen LogP contribution in [0.1, 0.15) is 11.1 Å². The number of hydrogen-bond donors (Lipinski definition) is 1. The van der Waals surface area contributed by atoms with E-state index in [1.54, 1.807) is 0 Å². The Kier molecular flexibility index (Phi) is 3.96. The van der Waals surface area contributed by atoms with Crippen LogP contribution in [-0.2, 0) is 0 Å². The Labute approximate surface area is 107 Å². The highest BCUT2D eigenvalue weighted by Gasteiger charge is 2.09. The highest BCUT2D eigenvalue weighted by molar-refractivity contribution is 5.85. The average Bonchev–Trinajstić information content (AvgIpc) is 2.46. The van der Waals surface area contributed by atoms with E-state index in [1.807, 2.05) is 66.7 Å². The lowest BCUT2D eigenvalue weighted by atomic mass is 9.98. The Morgan fingerprint density at radius 1 is 1.00 bits per heavy atom. The molecule has 0 saturated carbocycles. The second-order valence-corrected chi connectivity index (χ2v) is 3.95. The lowest BCUT2D eigenvalue weighted by Crippen LogP contribution is -2.05. The average molecular weight is 234 g/mol. The van der Waals surface area contributed by atoms with Crippen LogP contribution in [-0.4, -0.2) is 11.2 Å². The summed E-state index contributed by atoms with van der Waals surface area (Å²) in [6.45, 7) is 0. The highest BCUT2D eigenvalue weighted by Crippen LogP contribution is 2.21. The van der Waals surface area contributed by atoms with Gasteiger partial charge in [-0.25, -0.2) is 0 Å². The highest BCUT2D eigenvalue weighted by atomic mass is 16.3. The van der Waals surface area contributed by atoms with Crippen molar-refractivity contribution in [2.45, 2.75) is 6.10 Å². The van der Waals surface area contributed by atoms with Gasteiger partial charge in [-0.2, -0.15) is 0 Å². The molecule has 0 heterocycles. The quantitative estimate of drug-likeness (QED) is 0.638. The van der Waals surface area contributed by atoms with E-state index in [4.69, 9.17) is 6.42 Å². The third kappa shape index (κ3) is 2.88. The minimum Gasteiger partial charge on any atom is -0.376 e. The second kappa shape index (κ2) is 5.86. The Hall–Kier alpha value is -2.30. The zero-order chi connectivity index (χ0) is 12.8. The van der Waals surface area contributed by atoms with E-state index in [0.29, 0.717) is 0 Å². The van der Waals surface area contributed by atoms with Crippen molar-refractivity contribution in [3.05, 3.63) is 71.8 Å². The molecule has 2 aromatic rings. The smallest absolute Gasteiger partial charge is 0.140 e. The summed E-state index contributed by atoms with van der Waals surface area (Å²) in [5.74, 6) is 2.37. The summed E-state index contributed by atoms with van der Waals surface area (Å²) in [6, 6.07) is 19.5. The van der Waals surface area contributed by atoms with Crippen molar-refractivity contribution in [2.75, 3.05) is 0 Å². The first-order valence-corrected chi connectivity index (χ1v) is 5.77. The summed E-state index contributed by atoms with van der Waals surface area (Å²) < 4.78 is 0. The zero-order valence-electron chi connectivity index (χ0n) is 9.95. The van der Waals surface area contributed by atoms with E-state index < -0.39 is 6.10 Å². The number of rotatable bonds is 3. The summed E-state index contributed by atoms with van der Waals surface area (Å²) in [5, 5.41) is 9.93. The van der Waals surface area contributed by atoms with E-state index in [0.717, 1.165) is 16.7 Å². The van der Waals surface area contributed by atoms with Crippen LogP contribution >= 0.6 is 0 Å². The molecule has 1 heteroatoms. The van der Waals surface area contributed by atoms with Crippen LogP contribution in [0.2, 0.25) is 0 Å². The summed E-state index contributed by atoms with van der Waals surface area (Å²) in [4.78, 5) is 0. The zero-order valence-corrected chi connectivity index (χ0v) is 9.95. The van der Waals surface area contributed by atoms with Crippen molar-refractivity contribution in [2.24, 2.45) is 0 Å². The molecule has 1 N–H and O–H groups in total. The van der Waals surface area contributed by atoms with E-state index >= 15 is 0 Å². The van der Waals surface area contributed by atoms with Crippen LogP contribution in [0.25, 0.3) is 11.6 Å². The van der Waals surface area contributed by atoms with Crippen molar-refractivity contribution in [3.63, 3.8) is 0 Å². The Morgan fingerprint density at radius 3 is 2.11 bits per heavy atom. The molecule has 0 spiro atoms. The fraction of sp³-hybridized carbons (Fsp3) is 0.0588. The van der Waals surface area contributed by atoms with Gasteiger partial charge in [-0.3, -0.25) is 0 Å². The van der Waals surface area contributed by atoms with Crippen LogP contribution in [0.3, 0.4) is 0 Å². The maximum absolute atomic E-state index is 9.93. The molecule has 0 aliphatic rings. The summed E-state index contributed by atoms with van der Waals surface area (Å²) in [7, 11) is 0. The Bertz CT molecular complexity index is 562. The van der Waals surface area contributed by atoms with Crippen LogP contribution < -0.4 is 0 Å². The Morgan fingerprint density at radius 2 is 1.56 bits per heavy atom. The summed E-state index contributed by atoms with van der Waals surface area (Å²) >= 11 is 0. The standard InChI is InChI=1S/C17H14O/c1-2-17(18)16(15-11-7-4-8-12-15)13-14-9-5-3-6-10-14/h1,3-13,17-18H. The fourth-order valence-electron chi connectivity index (χ4n) is 1.77. The van der Waals surface area contributed by atoms with Crippen LogP contribution in [0, 0.1) is 12.3 Å². The molecule has 1 nitrogen and oxygen atoms in total. The Balaban J connectivity index is 2.45. The van der Waals surface area contributed by atoms with E-state index in [-0.39, 0.29) is 0 Å². The normalized spacial score (nSPS) is 12.8. The molecule has 2 rings (SSSR count). The van der Waals surface area contributed by atoms with Crippen molar-refractivity contribution in [1.82, 2.24) is 0 Å². The lowest BCUT2D eigenvalue weighted by Gasteiger charge is -2.10. The number of terminal acetylenes is 1.